The van der Waals surface area contributed by atoms with Crippen molar-refractivity contribution >= 4 is 5.97 Å². The fourth-order valence-electron chi connectivity index (χ4n) is 1.96. The lowest BCUT2D eigenvalue weighted by Gasteiger charge is -2.15. The maximum Gasteiger partial charge on any atom is 0.310 e. The van der Waals surface area contributed by atoms with Gasteiger partial charge >= 0.3 is 5.97 Å². The van der Waals surface area contributed by atoms with Crippen LogP contribution in [0.4, 0.5) is 0 Å². The molecule has 0 aliphatic heterocycles. The second-order valence-electron chi connectivity index (χ2n) is 4.73. The van der Waals surface area contributed by atoms with Crippen molar-refractivity contribution in [2.45, 2.75) is 45.6 Å². The zero-order valence-electron chi connectivity index (χ0n) is 12.4. The van der Waals surface area contributed by atoms with Gasteiger partial charge in [-0.25, -0.2) is 0 Å². The van der Waals surface area contributed by atoms with E-state index in [1.54, 1.807) is 6.08 Å². The Kier molecular flexibility index (Phi) is 7.48. The molecule has 1 unspecified atom stereocenters. The van der Waals surface area contributed by atoms with Crippen molar-refractivity contribution in [2.24, 2.45) is 0 Å². The van der Waals surface area contributed by atoms with Crippen LogP contribution in [0.3, 0.4) is 0 Å². The first-order valence-corrected chi connectivity index (χ1v) is 7.21. The Balaban J connectivity index is 2.54. The molecular weight excluding hydrogens is 252 g/mol. The molecular formula is C17H24O3. The van der Waals surface area contributed by atoms with Crippen molar-refractivity contribution in [3.05, 3.63) is 42.5 Å². The van der Waals surface area contributed by atoms with Gasteiger partial charge < -0.3 is 9.47 Å². The van der Waals surface area contributed by atoms with E-state index in [0.29, 0.717) is 6.61 Å². The average molecular weight is 276 g/mol. The van der Waals surface area contributed by atoms with Crippen LogP contribution in [0.25, 0.3) is 0 Å². The van der Waals surface area contributed by atoms with Gasteiger partial charge in [-0.1, -0.05) is 45.1 Å². The molecule has 0 bridgehead atoms. The Morgan fingerprint density at radius 2 is 2.20 bits per heavy atom. The lowest BCUT2D eigenvalue weighted by atomic mass is 10.1. The van der Waals surface area contributed by atoms with Crippen molar-refractivity contribution in [1.29, 1.82) is 0 Å². The van der Waals surface area contributed by atoms with E-state index >= 15 is 0 Å². The highest BCUT2D eigenvalue weighted by molar-refractivity contribution is 5.72. The van der Waals surface area contributed by atoms with Gasteiger partial charge in [0.2, 0.25) is 0 Å². The second kappa shape index (κ2) is 9.18. The van der Waals surface area contributed by atoms with E-state index in [0.717, 1.165) is 30.6 Å². The first-order valence-electron chi connectivity index (χ1n) is 7.21. The number of hydrogen-bond donors (Lipinski definition) is 0. The van der Waals surface area contributed by atoms with Crippen LogP contribution in [0.15, 0.2) is 36.9 Å². The maximum atomic E-state index is 11.9. The van der Waals surface area contributed by atoms with Gasteiger partial charge in [-0.3, -0.25) is 4.79 Å². The van der Waals surface area contributed by atoms with Crippen molar-refractivity contribution in [1.82, 2.24) is 0 Å². The number of ether oxygens (including phenoxy) is 2. The number of rotatable bonds is 9. The molecule has 0 aliphatic rings. The van der Waals surface area contributed by atoms with Crippen molar-refractivity contribution in [3.63, 3.8) is 0 Å². The van der Waals surface area contributed by atoms with Crippen molar-refractivity contribution < 1.29 is 14.3 Å². The standard InChI is InChI=1S/C17H24O3/c1-4-8-15(6-3)20-17(18)13-14-9-7-10-16(12-14)19-11-5-2/h5,7,9-10,12,15H,2,4,6,8,11,13H2,1,3H3. The minimum Gasteiger partial charge on any atom is -0.490 e. The van der Waals surface area contributed by atoms with E-state index in [1.165, 1.54) is 0 Å². The Morgan fingerprint density at radius 1 is 1.40 bits per heavy atom. The van der Waals surface area contributed by atoms with Gasteiger partial charge in [-0.2, -0.15) is 0 Å². The van der Waals surface area contributed by atoms with Crippen LogP contribution >= 0.6 is 0 Å². The summed E-state index contributed by atoms with van der Waals surface area (Å²) in [5.74, 6) is 0.571. The fraction of sp³-hybridized carbons (Fsp3) is 0.471. The van der Waals surface area contributed by atoms with Crippen LogP contribution in [0.5, 0.6) is 5.75 Å². The predicted molar refractivity (Wildman–Crippen MR) is 80.9 cm³/mol. The lowest BCUT2D eigenvalue weighted by molar-refractivity contribution is -0.148. The summed E-state index contributed by atoms with van der Waals surface area (Å²) in [6.45, 7) is 8.20. The van der Waals surface area contributed by atoms with Crippen LogP contribution in [0.2, 0.25) is 0 Å². The minimum absolute atomic E-state index is 0.0349. The van der Waals surface area contributed by atoms with E-state index in [9.17, 15) is 4.79 Å². The normalized spacial score (nSPS) is 11.7. The summed E-state index contributed by atoms with van der Waals surface area (Å²) in [5.41, 5.74) is 0.905. The van der Waals surface area contributed by atoms with E-state index in [4.69, 9.17) is 9.47 Å². The fourth-order valence-corrected chi connectivity index (χ4v) is 1.96. The summed E-state index contributed by atoms with van der Waals surface area (Å²) in [7, 11) is 0. The molecule has 1 rings (SSSR count). The molecule has 3 heteroatoms. The molecule has 0 fully saturated rings. The van der Waals surface area contributed by atoms with Gasteiger partial charge in [-0.05, 0) is 30.5 Å². The number of hydrogen-bond acceptors (Lipinski definition) is 3. The highest BCUT2D eigenvalue weighted by atomic mass is 16.5. The second-order valence-corrected chi connectivity index (χ2v) is 4.73. The number of carbonyl (C=O) groups excluding carboxylic acids is 1. The molecule has 1 aromatic carbocycles. The van der Waals surface area contributed by atoms with E-state index in [1.807, 2.05) is 31.2 Å². The molecule has 0 amide bonds. The molecule has 1 aromatic rings. The van der Waals surface area contributed by atoms with Crippen LogP contribution in [0.1, 0.15) is 38.7 Å². The number of carbonyl (C=O) groups is 1. The summed E-state index contributed by atoms with van der Waals surface area (Å²) >= 11 is 0. The highest BCUT2D eigenvalue weighted by Crippen LogP contribution is 2.15. The summed E-state index contributed by atoms with van der Waals surface area (Å²) < 4.78 is 10.9. The molecule has 0 aliphatic carbocycles. The molecule has 0 radical (unpaired) electrons. The summed E-state index contributed by atoms with van der Waals surface area (Å²) in [6.07, 6.45) is 4.82. The third kappa shape index (κ3) is 5.91. The van der Waals surface area contributed by atoms with Crippen LogP contribution < -0.4 is 4.74 Å². The van der Waals surface area contributed by atoms with Crippen molar-refractivity contribution in [2.75, 3.05) is 6.61 Å². The van der Waals surface area contributed by atoms with Gasteiger partial charge in [-0.15, -0.1) is 0 Å². The first kappa shape index (κ1) is 16.3. The Morgan fingerprint density at radius 3 is 2.85 bits per heavy atom. The Labute approximate surface area is 121 Å². The third-order valence-corrected chi connectivity index (χ3v) is 2.98. The van der Waals surface area contributed by atoms with Crippen LogP contribution in [-0.2, 0) is 16.0 Å². The third-order valence-electron chi connectivity index (χ3n) is 2.98. The van der Waals surface area contributed by atoms with E-state index in [2.05, 4.69) is 13.5 Å². The summed E-state index contributed by atoms with van der Waals surface area (Å²) in [5, 5.41) is 0. The zero-order chi connectivity index (χ0) is 14.8. The largest absolute Gasteiger partial charge is 0.490 e. The van der Waals surface area contributed by atoms with Gasteiger partial charge in [0, 0.05) is 0 Å². The minimum atomic E-state index is -0.175. The molecule has 0 aromatic heterocycles. The average Bonchev–Trinajstić information content (AvgIpc) is 2.45. The lowest BCUT2D eigenvalue weighted by Crippen LogP contribution is -2.18. The molecule has 0 saturated heterocycles. The molecule has 0 saturated carbocycles. The molecule has 0 spiro atoms. The smallest absolute Gasteiger partial charge is 0.310 e. The predicted octanol–water partition coefficient (Wildman–Crippen LogP) is 3.92. The highest BCUT2D eigenvalue weighted by Gasteiger charge is 2.12. The number of esters is 1. The number of benzene rings is 1. The van der Waals surface area contributed by atoms with E-state index in [-0.39, 0.29) is 18.5 Å². The topological polar surface area (TPSA) is 35.5 Å². The van der Waals surface area contributed by atoms with Crippen molar-refractivity contribution in [3.8, 4) is 5.75 Å². The summed E-state index contributed by atoms with van der Waals surface area (Å²) in [6, 6.07) is 7.52. The van der Waals surface area contributed by atoms with E-state index < -0.39 is 0 Å². The quantitative estimate of drug-likeness (QED) is 0.506. The summed E-state index contributed by atoms with van der Waals surface area (Å²) in [4.78, 5) is 11.9. The molecule has 20 heavy (non-hydrogen) atoms. The van der Waals surface area contributed by atoms with Gasteiger partial charge in [0.1, 0.15) is 18.5 Å². The van der Waals surface area contributed by atoms with Gasteiger partial charge in [0.25, 0.3) is 0 Å². The maximum absolute atomic E-state index is 11.9. The van der Waals surface area contributed by atoms with Gasteiger partial charge in [0.15, 0.2) is 0 Å². The molecule has 0 N–H and O–H groups in total. The molecule has 0 heterocycles. The Bertz CT molecular complexity index is 426. The Hall–Kier alpha value is -1.77. The monoisotopic (exact) mass is 276 g/mol. The SMILES string of the molecule is C=CCOc1cccc(CC(=O)OC(CC)CCC)c1. The van der Waals surface area contributed by atoms with Gasteiger partial charge in [0.05, 0.1) is 6.42 Å². The molecule has 1 atom stereocenters. The zero-order valence-corrected chi connectivity index (χ0v) is 12.4. The molecule has 3 nitrogen and oxygen atoms in total. The van der Waals surface area contributed by atoms with Crippen LogP contribution in [0, 0.1) is 0 Å². The molecule has 110 valence electrons. The first-order chi connectivity index (χ1) is 9.69. The van der Waals surface area contributed by atoms with Crippen LogP contribution in [-0.4, -0.2) is 18.7 Å².